The fourth-order valence-corrected chi connectivity index (χ4v) is 3.55. The number of urea groups is 1. The Kier molecular flexibility index (Phi) is 6.44. The topological polar surface area (TPSA) is 61.9 Å². The van der Waals surface area contributed by atoms with Crippen LogP contribution >= 0.6 is 0 Å². The summed E-state index contributed by atoms with van der Waals surface area (Å²) in [6, 6.07) is 5.68. The van der Waals surface area contributed by atoms with Crippen molar-refractivity contribution >= 4 is 17.6 Å². The molecular formula is C19H26FN3O3. The van der Waals surface area contributed by atoms with Gasteiger partial charge in [-0.2, -0.15) is 0 Å². The van der Waals surface area contributed by atoms with Crippen LogP contribution < -0.4 is 5.32 Å². The molecule has 0 unspecified atom stereocenters. The zero-order chi connectivity index (χ0) is 18.4. The second kappa shape index (κ2) is 8.98. The lowest BCUT2D eigenvalue weighted by molar-refractivity contribution is -0.135. The normalized spacial score (nSPS) is 20.7. The minimum Gasteiger partial charge on any atom is -0.378 e. The molecule has 26 heavy (non-hydrogen) atoms. The monoisotopic (exact) mass is 363 g/mol. The van der Waals surface area contributed by atoms with E-state index in [-0.39, 0.29) is 17.8 Å². The van der Waals surface area contributed by atoms with E-state index in [2.05, 4.69) is 5.32 Å². The molecule has 142 valence electrons. The fourth-order valence-electron chi connectivity index (χ4n) is 3.55. The maximum absolute atomic E-state index is 13.2. The van der Waals surface area contributed by atoms with Crippen LogP contribution in [0.1, 0.15) is 25.7 Å². The van der Waals surface area contributed by atoms with E-state index in [1.807, 2.05) is 4.90 Å². The minimum atomic E-state index is -0.374. The predicted octanol–water partition coefficient (Wildman–Crippen LogP) is 2.71. The Bertz CT molecular complexity index is 634. The summed E-state index contributed by atoms with van der Waals surface area (Å²) in [6.45, 7) is 3.90. The van der Waals surface area contributed by atoms with Crippen molar-refractivity contribution in [2.24, 2.45) is 5.92 Å². The molecule has 0 saturated carbocycles. The SMILES string of the molecule is O=C(CC[C@@H]1CCCN(C(=O)Nc2cccc(F)c2)C1)N1CCOCC1. The van der Waals surface area contributed by atoms with E-state index in [0.717, 1.165) is 19.3 Å². The van der Waals surface area contributed by atoms with E-state index < -0.39 is 0 Å². The number of ether oxygens (including phenoxy) is 1. The first-order valence-corrected chi connectivity index (χ1v) is 9.29. The number of hydrogen-bond donors (Lipinski definition) is 1. The van der Waals surface area contributed by atoms with E-state index in [1.165, 1.54) is 12.1 Å². The van der Waals surface area contributed by atoms with Gasteiger partial charge in [0.2, 0.25) is 5.91 Å². The minimum absolute atomic E-state index is 0.176. The third kappa shape index (κ3) is 5.17. The molecule has 0 bridgehead atoms. The van der Waals surface area contributed by atoms with Gasteiger partial charge in [0, 0.05) is 38.3 Å². The predicted molar refractivity (Wildman–Crippen MR) is 96.3 cm³/mol. The lowest BCUT2D eigenvalue weighted by Crippen LogP contribution is -2.43. The van der Waals surface area contributed by atoms with Crippen LogP contribution in [-0.2, 0) is 9.53 Å². The molecule has 0 spiro atoms. The van der Waals surface area contributed by atoms with Gasteiger partial charge in [-0.3, -0.25) is 4.79 Å². The molecule has 2 saturated heterocycles. The van der Waals surface area contributed by atoms with Gasteiger partial charge < -0.3 is 19.9 Å². The molecule has 1 aromatic rings. The lowest BCUT2D eigenvalue weighted by Gasteiger charge is -2.33. The van der Waals surface area contributed by atoms with Crippen LogP contribution in [0.4, 0.5) is 14.9 Å². The summed E-state index contributed by atoms with van der Waals surface area (Å²) in [5, 5.41) is 2.75. The Morgan fingerprint density at radius 3 is 2.77 bits per heavy atom. The van der Waals surface area contributed by atoms with Crippen molar-refractivity contribution in [1.29, 1.82) is 0 Å². The summed E-state index contributed by atoms with van der Waals surface area (Å²) < 4.78 is 18.5. The largest absolute Gasteiger partial charge is 0.378 e. The molecule has 2 aliphatic heterocycles. The number of likely N-dealkylation sites (tertiary alicyclic amines) is 1. The smallest absolute Gasteiger partial charge is 0.321 e. The van der Waals surface area contributed by atoms with E-state index in [0.29, 0.717) is 57.4 Å². The van der Waals surface area contributed by atoms with Crippen molar-refractivity contribution < 1.29 is 18.7 Å². The number of carbonyl (C=O) groups excluding carboxylic acids is 2. The van der Waals surface area contributed by atoms with Crippen LogP contribution in [0.25, 0.3) is 0 Å². The van der Waals surface area contributed by atoms with Gasteiger partial charge >= 0.3 is 6.03 Å². The Hall–Kier alpha value is -2.15. The lowest BCUT2D eigenvalue weighted by atomic mass is 9.93. The van der Waals surface area contributed by atoms with Crippen molar-refractivity contribution in [2.75, 3.05) is 44.7 Å². The number of carbonyl (C=O) groups is 2. The molecule has 2 heterocycles. The zero-order valence-electron chi connectivity index (χ0n) is 15.0. The second-order valence-electron chi connectivity index (χ2n) is 6.93. The molecule has 7 heteroatoms. The number of benzene rings is 1. The quantitative estimate of drug-likeness (QED) is 0.895. The third-order valence-corrected chi connectivity index (χ3v) is 5.01. The summed E-state index contributed by atoms with van der Waals surface area (Å²) in [6.07, 6.45) is 3.26. The molecule has 2 aliphatic rings. The molecule has 0 aromatic heterocycles. The van der Waals surface area contributed by atoms with Crippen molar-refractivity contribution in [3.8, 4) is 0 Å². The summed E-state index contributed by atoms with van der Waals surface area (Å²) in [5.41, 5.74) is 0.458. The summed E-state index contributed by atoms with van der Waals surface area (Å²) >= 11 is 0. The van der Waals surface area contributed by atoms with Crippen LogP contribution in [0.5, 0.6) is 0 Å². The van der Waals surface area contributed by atoms with Gasteiger partial charge in [-0.05, 0) is 43.4 Å². The highest BCUT2D eigenvalue weighted by atomic mass is 19.1. The van der Waals surface area contributed by atoms with Crippen molar-refractivity contribution in [1.82, 2.24) is 9.80 Å². The molecular weight excluding hydrogens is 337 g/mol. The first kappa shape index (κ1) is 18.6. The maximum atomic E-state index is 13.2. The van der Waals surface area contributed by atoms with Crippen molar-refractivity contribution in [2.45, 2.75) is 25.7 Å². The van der Waals surface area contributed by atoms with Crippen LogP contribution in [0.3, 0.4) is 0 Å². The van der Waals surface area contributed by atoms with Crippen LogP contribution in [0.2, 0.25) is 0 Å². The van der Waals surface area contributed by atoms with E-state index >= 15 is 0 Å². The molecule has 0 radical (unpaired) electrons. The molecule has 2 fully saturated rings. The highest BCUT2D eigenvalue weighted by Crippen LogP contribution is 2.22. The molecule has 1 atom stereocenters. The van der Waals surface area contributed by atoms with Crippen molar-refractivity contribution in [3.05, 3.63) is 30.1 Å². The number of nitrogens with one attached hydrogen (secondary N) is 1. The van der Waals surface area contributed by atoms with Gasteiger partial charge in [0.05, 0.1) is 13.2 Å². The Balaban J connectivity index is 1.46. The highest BCUT2D eigenvalue weighted by molar-refractivity contribution is 5.89. The molecule has 1 N–H and O–H groups in total. The highest BCUT2D eigenvalue weighted by Gasteiger charge is 2.25. The first-order chi connectivity index (χ1) is 12.6. The third-order valence-electron chi connectivity index (χ3n) is 5.01. The number of nitrogens with zero attached hydrogens (tertiary/aromatic N) is 2. The van der Waals surface area contributed by atoms with Crippen LogP contribution in [0.15, 0.2) is 24.3 Å². The molecule has 3 amide bonds. The Labute approximate surface area is 153 Å². The van der Waals surface area contributed by atoms with E-state index in [1.54, 1.807) is 17.0 Å². The van der Waals surface area contributed by atoms with Crippen molar-refractivity contribution in [3.63, 3.8) is 0 Å². The summed E-state index contributed by atoms with van der Waals surface area (Å²) in [4.78, 5) is 28.3. The Morgan fingerprint density at radius 1 is 1.19 bits per heavy atom. The Morgan fingerprint density at radius 2 is 2.00 bits per heavy atom. The number of rotatable bonds is 4. The van der Waals surface area contributed by atoms with Crippen LogP contribution in [-0.4, -0.2) is 61.1 Å². The average Bonchev–Trinajstić information content (AvgIpc) is 2.67. The number of anilines is 1. The molecule has 0 aliphatic carbocycles. The van der Waals surface area contributed by atoms with Crippen LogP contribution in [0, 0.1) is 11.7 Å². The average molecular weight is 363 g/mol. The van der Waals surface area contributed by atoms with Gasteiger partial charge in [0.15, 0.2) is 0 Å². The van der Waals surface area contributed by atoms with E-state index in [9.17, 15) is 14.0 Å². The van der Waals surface area contributed by atoms with Gasteiger partial charge in [-0.1, -0.05) is 6.07 Å². The number of morpholine rings is 1. The van der Waals surface area contributed by atoms with Gasteiger partial charge in [-0.15, -0.1) is 0 Å². The second-order valence-corrected chi connectivity index (χ2v) is 6.93. The number of piperidine rings is 1. The zero-order valence-corrected chi connectivity index (χ0v) is 15.0. The van der Waals surface area contributed by atoms with E-state index in [4.69, 9.17) is 4.74 Å². The van der Waals surface area contributed by atoms with Gasteiger partial charge in [0.25, 0.3) is 0 Å². The summed E-state index contributed by atoms with van der Waals surface area (Å²) in [7, 11) is 0. The molecule has 3 rings (SSSR count). The number of amides is 3. The van der Waals surface area contributed by atoms with Gasteiger partial charge in [-0.25, -0.2) is 9.18 Å². The first-order valence-electron chi connectivity index (χ1n) is 9.29. The van der Waals surface area contributed by atoms with Gasteiger partial charge in [0.1, 0.15) is 5.82 Å². The fraction of sp³-hybridized carbons (Fsp3) is 0.579. The summed E-state index contributed by atoms with van der Waals surface area (Å²) in [5.74, 6) is 0.127. The molecule has 6 nitrogen and oxygen atoms in total. The number of halogens is 1. The standard InChI is InChI=1S/C19H26FN3O3/c20-16-4-1-5-17(13-16)21-19(25)23-8-2-3-15(14-23)6-7-18(24)22-9-11-26-12-10-22/h1,4-5,13,15H,2-3,6-12,14H2,(H,21,25)/t15-/m0/s1. The molecule has 1 aromatic carbocycles. The maximum Gasteiger partial charge on any atom is 0.321 e. The number of hydrogen-bond acceptors (Lipinski definition) is 3.